The second kappa shape index (κ2) is 4.79. The Labute approximate surface area is 104 Å². The lowest BCUT2D eigenvalue weighted by Crippen LogP contribution is -2.02. The van der Waals surface area contributed by atoms with Crippen molar-refractivity contribution in [3.63, 3.8) is 0 Å². The van der Waals surface area contributed by atoms with Crippen molar-refractivity contribution in [3.8, 4) is 11.3 Å². The predicted octanol–water partition coefficient (Wildman–Crippen LogP) is 2.40. The number of nitrogens with one attached hydrogen (secondary N) is 1. The third-order valence-electron chi connectivity index (χ3n) is 2.59. The molecule has 0 radical (unpaired) electrons. The number of hydrogen-bond donors (Lipinski definition) is 1. The molecule has 0 fully saturated rings. The fourth-order valence-electron chi connectivity index (χ4n) is 1.67. The van der Waals surface area contributed by atoms with Crippen molar-refractivity contribution >= 4 is 11.6 Å². The van der Waals surface area contributed by atoms with Crippen LogP contribution in [0.2, 0.25) is 0 Å². The van der Waals surface area contributed by atoms with Crippen molar-refractivity contribution in [2.45, 2.75) is 6.92 Å². The topological polar surface area (TPSA) is 81.0 Å². The average Bonchev–Trinajstić information content (AvgIpc) is 2.38. The van der Waals surface area contributed by atoms with Crippen molar-refractivity contribution in [2.24, 2.45) is 0 Å². The molecule has 92 valence electrons. The molecule has 0 aliphatic heterocycles. The van der Waals surface area contributed by atoms with E-state index < -0.39 is 4.92 Å². The van der Waals surface area contributed by atoms with Gasteiger partial charge in [0.1, 0.15) is 6.20 Å². The smallest absolute Gasteiger partial charge is 0.313 e. The predicted molar refractivity (Wildman–Crippen MR) is 68.4 cm³/mol. The van der Waals surface area contributed by atoms with E-state index >= 15 is 0 Å². The number of hydrogen-bond acceptors (Lipinski definition) is 5. The second-order valence-corrected chi connectivity index (χ2v) is 3.75. The van der Waals surface area contributed by atoms with Gasteiger partial charge >= 0.3 is 5.69 Å². The first-order chi connectivity index (χ1) is 8.63. The molecule has 0 aliphatic carbocycles. The molecule has 0 atom stereocenters. The van der Waals surface area contributed by atoms with E-state index in [2.05, 4.69) is 15.3 Å². The quantitative estimate of drug-likeness (QED) is 0.662. The summed E-state index contributed by atoms with van der Waals surface area (Å²) in [5.41, 5.74) is 1.91. The maximum Gasteiger partial charge on any atom is 0.313 e. The van der Waals surface area contributed by atoms with Gasteiger partial charge < -0.3 is 5.32 Å². The van der Waals surface area contributed by atoms with Gasteiger partial charge in [0.25, 0.3) is 0 Å². The highest BCUT2D eigenvalue weighted by Gasteiger charge is 2.19. The maximum atomic E-state index is 11.0. The summed E-state index contributed by atoms with van der Waals surface area (Å²) < 4.78 is 0. The fourth-order valence-corrected chi connectivity index (χ4v) is 1.67. The third kappa shape index (κ3) is 2.13. The van der Waals surface area contributed by atoms with Crippen LogP contribution < -0.4 is 5.32 Å². The van der Waals surface area contributed by atoms with E-state index in [-0.39, 0.29) is 5.69 Å². The highest BCUT2D eigenvalue weighted by atomic mass is 16.6. The largest absolute Gasteiger partial charge is 0.357 e. The van der Waals surface area contributed by atoms with E-state index in [4.69, 9.17) is 0 Å². The zero-order chi connectivity index (χ0) is 13.1. The Balaban J connectivity index is 2.68. The van der Waals surface area contributed by atoms with Gasteiger partial charge in [-0.25, -0.2) is 9.97 Å². The molecule has 1 heterocycles. The maximum absolute atomic E-state index is 11.0. The highest BCUT2D eigenvalue weighted by molar-refractivity contribution is 5.72. The van der Waals surface area contributed by atoms with Crippen molar-refractivity contribution in [2.75, 3.05) is 12.4 Å². The van der Waals surface area contributed by atoms with Gasteiger partial charge in [-0.1, -0.05) is 24.3 Å². The van der Waals surface area contributed by atoms with Crippen LogP contribution in [0.25, 0.3) is 11.3 Å². The Hall–Kier alpha value is -2.50. The van der Waals surface area contributed by atoms with Crippen molar-refractivity contribution in [1.82, 2.24) is 9.97 Å². The fraction of sp³-hybridized carbons (Fsp3) is 0.167. The molecule has 0 saturated heterocycles. The summed E-state index contributed by atoms with van der Waals surface area (Å²) in [6.45, 7) is 1.89. The van der Waals surface area contributed by atoms with E-state index in [0.29, 0.717) is 11.6 Å². The van der Waals surface area contributed by atoms with Crippen molar-refractivity contribution in [3.05, 3.63) is 46.1 Å². The molecule has 2 aromatic rings. The summed E-state index contributed by atoms with van der Waals surface area (Å²) in [5, 5.41) is 13.8. The number of anilines is 1. The first kappa shape index (κ1) is 12.0. The monoisotopic (exact) mass is 244 g/mol. The minimum atomic E-state index is -0.471. The van der Waals surface area contributed by atoms with Crippen molar-refractivity contribution in [1.29, 1.82) is 0 Å². The lowest BCUT2D eigenvalue weighted by Gasteiger charge is -2.07. The van der Waals surface area contributed by atoms with Gasteiger partial charge in [-0.3, -0.25) is 10.1 Å². The van der Waals surface area contributed by atoms with E-state index in [1.165, 1.54) is 6.20 Å². The number of nitrogens with zero attached hydrogens (tertiary/aromatic N) is 3. The van der Waals surface area contributed by atoms with Crippen LogP contribution in [0.3, 0.4) is 0 Å². The average molecular weight is 244 g/mol. The van der Waals surface area contributed by atoms with Gasteiger partial charge in [0.2, 0.25) is 5.95 Å². The molecule has 0 bridgehead atoms. The van der Waals surface area contributed by atoms with Gasteiger partial charge in [0.05, 0.1) is 4.92 Å². The molecule has 0 unspecified atom stereocenters. The Morgan fingerprint density at radius 1 is 1.33 bits per heavy atom. The van der Waals surface area contributed by atoms with E-state index in [1.54, 1.807) is 7.05 Å². The van der Waals surface area contributed by atoms with Crippen LogP contribution in [-0.2, 0) is 0 Å². The minimum absolute atomic E-state index is 0.0942. The molecule has 6 heteroatoms. The lowest BCUT2D eigenvalue weighted by atomic mass is 10.0. The standard InChI is InChI=1S/C12H12N4O2/c1-8-5-3-4-6-9(8)11-10(16(17)18)7-14-12(13-2)15-11/h3-7H,1-2H3,(H,13,14,15). The van der Waals surface area contributed by atoms with Crippen LogP contribution >= 0.6 is 0 Å². The molecule has 1 N–H and O–H groups in total. The van der Waals surface area contributed by atoms with Crippen LogP contribution in [0.4, 0.5) is 11.6 Å². The molecule has 0 spiro atoms. The molecule has 0 saturated carbocycles. The van der Waals surface area contributed by atoms with Crippen LogP contribution in [-0.4, -0.2) is 21.9 Å². The SMILES string of the molecule is CNc1ncc([N+](=O)[O-])c(-c2ccccc2C)n1. The number of aryl methyl sites for hydroxylation is 1. The van der Waals surface area contributed by atoms with Crippen LogP contribution in [0, 0.1) is 17.0 Å². The normalized spacial score (nSPS) is 10.1. The molecular weight excluding hydrogens is 232 g/mol. The first-order valence-corrected chi connectivity index (χ1v) is 5.38. The number of aromatic nitrogens is 2. The molecular formula is C12H12N4O2. The van der Waals surface area contributed by atoms with Crippen molar-refractivity contribution < 1.29 is 4.92 Å². The van der Waals surface area contributed by atoms with Crippen LogP contribution in [0.5, 0.6) is 0 Å². The summed E-state index contributed by atoms with van der Waals surface area (Å²) in [6.07, 6.45) is 1.22. The van der Waals surface area contributed by atoms with E-state index in [9.17, 15) is 10.1 Å². The molecule has 1 aromatic heterocycles. The van der Waals surface area contributed by atoms with Gasteiger partial charge in [-0.05, 0) is 12.5 Å². The second-order valence-electron chi connectivity index (χ2n) is 3.75. The molecule has 6 nitrogen and oxygen atoms in total. The molecule has 0 amide bonds. The molecule has 18 heavy (non-hydrogen) atoms. The first-order valence-electron chi connectivity index (χ1n) is 5.38. The van der Waals surface area contributed by atoms with Gasteiger partial charge in [0, 0.05) is 12.6 Å². The Bertz CT molecular complexity index is 598. The van der Waals surface area contributed by atoms with Crippen LogP contribution in [0.15, 0.2) is 30.5 Å². The number of nitro groups is 1. The zero-order valence-electron chi connectivity index (χ0n) is 10.0. The Morgan fingerprint density at radius 3 is 2.67 bits per heavy atom. The summed E-state index contributed by atoms with van der Waals surface area (Å²) >= 11 is 0. The number of rotatable bonds is 3. The Kier molecular flexibility index (Phi) is 3.18. The summed E-state index contributed by atoms with van der Waals surface area (Å²) in [7, 11) is 1.67. The third-order valence-corrected chi connectivity index (χ3v) is 2.59. The van der Waals surface area contributed by atoms with E-state index in [0.717, 1.165) is 11.1 Å². The highest BCUT2D eigenvalue weighted by Crippen LogP contribution is 2.30. The summed E-state index contributed by atoms with van der Waals surface area (Å²) in [6, 6.07) is 7.41. The number of benzene rings is 1. The molecule has 1 aromatic carbocycles. The van der Waals surface area contributed by atoms with Gasteiger partial charge in [-0.15, -0.1) is 0 Å². The lowest BCUT2D eigenvalue weighted by molar-refractivity contribution is -0.384. The minimum Gasteiger partial charge on any atom is -0.357 e. The van der Waals surface area contributed by atoms with Gasteiger partial charge in [-0.2, -0.15) is 0 Å². The van der Waals surface area contributed by atoms with E-state index in [1.807, 2.05) is 31.2 Å². The van der Waals surface area contributed by atoms with Gasteiger partial charge in [0.15, 0.2) is 5.69 Å². The molecule has 2 rings (SSSR count). The summed E-state index contributed by atoms with van der Waals surface area (Å²) in [5.74, 6) is 0.360. The van der Waals surface area contributed by atoms with Crippen LogP contribution in [0.1, 0.15) is 5.56 Å². The Morgan fingerprint density at radius 2 is 2.06 bits per heavy atom. The molecule has 0 aliphatic rings. The summed E-state index contributed by atoms with van der Waals surface area (Å²) in [4.78, 5) is 18.6. The zero-order valence-corrected chi connectivity index (χ0v) is 10.0.